The maximum Gasteiger partial charge on any atom is 0.305 e. The van der Waals surface area contributed by atoms with E-state index in [2.05, 4.69) is 16.0 Å². The van der Waals surface area contributed by atoms with E-state index >= 15 is 0 Å². The second kappa shape index (κ2) is 13.2. The summed E-state index contributed by atoms with van der Waals surface area (Å²) in [5, 5.41) is 17.4. The van der Waals surface area contributed by atoms with E-state index < -0.39 is 12.0 Å². The number of aliphatic carboxylic acids is 1. The molecule has 0 bridgehead atoms. The fourth-order valence-corrected chi connectivity index (χ4v) is 2.90. The van der Waals surface area contributed by atoms with Gasteiger partial charge in [0.15, 0.2) is 0 Å². The number of hydrogen-bond acceptors (Lipinski definition) is 5. The van der Waals surface area contributed by atoms with Gasteiger partial charge in [-0.05, 0) is 33.2 Å². The summed E-state index contributed by atoms with van der Waals surface area (Å²) in [7, 11) is 7.51. The van der Waals surface area contributed by atoms with Gasteiger partial charge in [-0.2, -0.15) is 0 Å². The van der Waals surface area contributed by atoms with Crippen LogP contribution in [-0.2, 0) is 19.2 Å². The number of Topliss-reactive ketones (excluding diaryl/α,β-unsaturated/α-hetero) is 1. The molecule has 0 saturated carbocycles. The molecular formula is C19H37N4O5+. The molecule has 0 heterocycles. The van der Waals surface area contributed by atoms with Gasteiger partial charge in [-0.25, -0.2) is 0 Å². The maximum atomic E-state index is 12.0. The highest BCUT2D eigenvalue weighted by Crippen LogP contribution is 2.03. The number of amides is 2. The van der Waals surface area contributed by atoms with Crippen LogP contribution in [0.4, 0.5) is 0 Å². The summed E-state index contributed by atoms with van der Waals surface area (Å²) >= 11 is 0. The molecule has 0 aliphatic heterocycles. The first kappa shape index (κ1) is 26.0. The normalized spacial score (nSPS) is 13.5. The third-order valence-corrected chi connectivity index (χ3v) is 4.21. The number of likely N-dealkylation sites (N-methyl/N-ethyl adjacent to an activating group) is 2. The minimum atomic E-state index is -0.971. The molecule has 2 atom stereocenters. The van der Waals surface area contributed by atoms with Crippen molar-refractivity contribution < 1.29 is 28.8 Å². The molecule has 0 aromatic rings. The van der Waals surface area contributed by atoms with Gasteiger partial charge in [-0.15, -0.1) is 0 Å². The van der Waals surface area contributed by atoms with E-state index in [4.69, 9.17) is 5.11 Å². The zero-order valence-corrected chi connectivity index (χ0v) is 17.8. The molecule has 4 N–H and O–H groups in total. The Morgan fingerprint density at radius 3 is 2.11 bits per heavy atom. The van der Waals surface area contributed by atoms with Crippen molar-refractivity contribution in [1.82, 2.24) is 16.0 Å². The number of nitrogens with zero attached hydrogens (tertiary/aromatic N) is 1. The predicted octanol–water partition coefficient (Wildman–Crippen LogP) is -0.104. The predicted molar refractivity (Wildman–Crippen MR) is 107 cm³/mol. The van der Waals surface area contributed by atoms with Crippen LogP contribution < -0.4 is 16.0 Å². The van der Waals surface area contributed by atoms with Crippen LogP contribution >= 0.6 is 0 Å². The summed E-state index contributed by atoms with van der Waals surface area (Å²) in [6.45, 7) is 2.53. The number of unbranched alkanes of at least 4 members (excludes halogenated alkanes) is 1. The highest BCUT2D eigenvalue weighted by Gasteiger charge is 2.23. The smallest absolute Gasteiger partial charge is 0.305 e. The van der Waals surface area contributed by atoms with Gasteiger partial charge in [0.25, 0.3) is 0 Å². The Kier molecular flexibility index (Phi) is 12.3. The number of carbonyl (C=O) groups excluding carboxylic acids is 3. The van der Waals surface area contributed by atoms with E-state index in [0.29, 0.717) is 17.6 Å². The molecule has 0 aliphatic rings. The van der Waals surface area contributed by atoms with Crippen molar-refractivity contribution in [3.8, 4) is 0 Å². The van der Waals surface area contributed by atoms with Crippen LogP contribution in [0, 0.1) is 0 Å². The topological polar surface area (TPSA) is 125 Å². The van der Waals surface area contributed by atoms with Crippen LogP contribution in [0.15, 0.2) is 0 Å². The van der Waals surface area contributed by atoms with Crippen LogP contribution in [-0.4, -0.2) is 86.5 Å². The largest absolute Gasteiger partial charge is 0.481 e. The van der Waals surface area contributed by atoms with Crippen molar-refractivity contribution >= 4 is 23.6 Å². The molecular weight excluding hydrogens is 364 g/mol. The van der Waals surface area contributed by atoms with Crippen molar-refractivity contribution in [2.45, 2.75) is 57.5 Å². The Balaban J connectivity index is 4.10. The summed E-state index contributed by atoms with van der Waals surface area (Å²) in [5.74, 6) is -1.41. The second-order valence-electron chi connectivity index (χ2n) is 8.13. The van der Waals surface area contributed by atoms with Crippen LogP contribution in [0.2, 0.25) is 0 Å². The molecule has 9 nitrogen and oxygen atoms in total. The highest BCUT2D eigenvalue weighted by molar-refractivity contribution is 5.84. The number of carboxylic acids is 1. The highest BCUT2D eigenvalue weighted by atomic mass is 16.4. The van der Waals surface area contributed by atoms with Gasteiger partial charge in [-0.1, -0.05) is 0 Å². The number of hydrogen-bond donors (Lipinski definition) is 4. The number of carbonyl (C=O) groups is 4. The van der Waals surface area contributed by atoms with E-state index in [-0.39, 0.29) is 42.9 Å². The van der Waals surface area contributed by atoms with Crippen LogP contribution in [0.5, 0.6) is 0 Å². The SMILES string of the molecule is CN[C@H](CCCCNC(=O)CCC(=O)N[C@H](CC(=O)O)C[N+](C)(C)C)C(C)=O. The minimum absolute atomic E-state index is 0.0191. The molecule has 0 aromatic carbocycles. The lowest BCUT2D eigenvalue weighted by Crippen LogP contribution is -2.49. The van der Waals surface area contributed by atoms with Crippen LogP contribution in [0.1, 0.15) is 45.4 Å². The number of carboxylic acid groups (broad SMARTS) is 1. The van der Waals surface area contributed by atoms with Gasteiger partial charge in [0.05, 0.1) is 46.2 Å². The Labute approximate surface area is 167 Å². The quantitative estimate of drug-likeness (QED) is 0.224. The van der Waals surface area contributed by atoms with E-state index in [1.165, 1.54) is 0 Å². The maximum absolute atomic E-state index is 12.0. The Hall–Kier alpha value is -2.00. The Bertz CT molecular complexity index is 531. The minimum Gasteiger partial charge on any atom is -0.481 e. The first-order valence-electron chi connectivity index (χ1n) is 9.70. The molecule has 0 aromatic heterocycles. The lowest BCUT2D eigenvalue weighted by Gasteiger charge is -2.29. The van der Waals surface area contributed by atoms with E-state index in [1.807, 2.05) is 21.1 Å². The average Bonchev–Trinajstić information content (AvgIpc) is 2.53. The molecule has 0 aliphatic carbocycles. The molecule has 162 valence electrons. The van der Waals surface area contributed by atoms with Gasteiger partial charge in [0, 0.05) is 19.4 Å². The van der Waals surface area contributed by atoms with Crippen molar-refractivity contribution in [2.24, 2.45) is 0 Å². The first-order valence-corrected chi connectivity index (χ1v) is 9.70. The number of rotatable bonds is 15. The number of nitrogens with one attached hydrogen (secondary N) is 3. The molecule has 28 heavy (non-hydrogen) atoms. The van der Waals surface area contributed by atoms with Crippen molar-refractivity contribution in [2.75, 3.05) is 41.3 Å². The van der Waals surface area contributed by atoms with E-state index in [1.54, 1.807) is 14.0 Å². The van der Waals surface area contributed by atoms with Gasteiger partial charge in [-0.3, -0.25) is 19.2 Å². The molecule has 0 saturated heterocycles. The fraction of sp³-hybridized carbons (Fsp3) is 0.789. The zero-order chi connectivity index (χ0) is 21.7. The van der Waals surface area contributed by atoms with Crippen LogP contribution in [0.3, 0.4) is 0 Å². The molecule has 0 spiro atoms. The van der Waals surface area contributed by atoms with E-state index in [9.17, 15) is 19.2 Å². The summed E-state index contributed by atoms with van der Waals surface area (Å²) in [4.78, 5) is 46.2. The Morgan fingerprint density at radius 2 is 1.61 bits per heavy atom. The second-order valence-corrected chi connectivity index (χ2v) is 8.13. The summed E-state index contributed by atoms with van der Waals surface area (Å²) in [5.41, 5.74) is 0. The standard InChI is InChI=1S/C19H36N4O5/c1-14(24)16(20-2)8-6-7-11-21-17(25)9-10-18(26)22-15(12-19(27)28)13-23(3,4)5/h15-16,20H,6-13H2,1-5H3,(H2-,21,22,25,26,27,28)/p+1/t15-,16-/m1/s1. The third kappa shape index (κ3) is 14.1. The van der Waals surface area contributed by atoms with Crippen molar-refractivity contribution in [3.63, 3.8) is 0 Å². The third-order valence-electron chi connectivity index (χ3n) is 4.21. The molecule has 0 fully saturated rings. The lowest BCUT2D eigenvalue weighted by atomic mass is 10.1. The van der Waals surface area contributed by atoms with Gasteiger partial charge >= 0.3 is 5.97 Å². The monoisotopic (exact) mass is 401 g/mol. The van der Waals surface area contributed by atoms with E-state index in [0.717, 1.165) is 19.3 Å². The Morgan fingerprint density at radius 1 is 1.00 bits per heavy atom. The fourth-order valence-electron chi connectivity index (χ4n) is 2.90. The summed E-state index contributed by atoms with van der Waals surface area (Å²) in [6, 6.07) is -0.626. The zero-order valence-electron chi connectivity index (χ0n) is 17.8. The van der Waals surface area contributed by atoms with Crippen LogP contribution in [0.25, 0.3) is 0 Å². The van der Waals surface area contributed by atoms with Gasteiger partial charge in [0.2, 0.25) is 11.8 Å². The summed E-state index contributed by atoms with van der Waals surface area (Å²) < 4.78 is 0.525. The van der Waals surface area contributed by atoms with Gasteiger partial charge < -0.3 is 25.5 Å². The molecule has 0 radical (unpaired) electrons. The summed E-state index contributed by atoms with van der Waals surface area (Å²) in [6.07, 6.45) is 2.22. The molecule has 2 amide bonds. The first-order chi connectivity index (χ1) is 12.9. The number of ketones is 1. The average molecular weight is 402 g/mol. The molecule has 0 rings (SSSR count). The number of quaternary nitrogens is 1. The van der Waals surface area contributed by atoms with Gasteiger partial charge in [0.1, 0.15) is 5.78 Å². The van der Waals surface area contributed by atoms with Crippen molar-refractivity contribution in [3.05, 3.63) is 0 Å². The molecule has 0 unspecified atom stereocenters. The lowest BCUT2D eigenvalue weighted by molar-refractivity contribution is -0.871. The van der Waals surface area contributed by atoms with Crippen molar-refractivity contribution in [1.29, 1.82) is 0 Å². The molecule has 9 heteroatoms.